The van der Waals surface area contributed by atoms with Gasteiger partial charge in [-0.05, 0) is 106 Å². The Morgan fingerprint density at radius 1 is 0.656 bits per heavy atom. The lowest BCUT2D eigenvalue weighted by Crippen LogP contribution is -2.15. The van der Waals surface area contributed by atoms with Crippen LogP contribution in [0, 0.1) is 59.6 Å². The van der Waals surface area contributed by atoms with Gasteiger partial charge in [0.2, 0.25) is 0 Å². The molecule has 18 heteroatoms. The molecule has 0 radical (unpaired) electrons. The quantitative estimate of drug-likeness (QED) is 0.0974. The van der Waals surface area contributed by atoms with Crippen LogP contribution in [0.4, 0.5) is 31.8 Å². The fourth-order valence-electron chi connectivity index (χ4n) is 7.81. The monoisotopic (exact) mass is 908 g/mol. The van der Waals surface area contributed by atoms with Crippen LogP contribution in [-0.2, 0) is 9.84 Å². The summed E-state index contributed by atoms with van der Waals surface area (Å²) in [6.45, 7) is 10.9. The topological polar surface area (TPSA) is 196 Å². The second-order valence-corrected chi connectivity index (χ2v) is 19.4. The summed E-state index contributed by atoms with van der Waals surface area (Å²) in [6.07, 6.45) is 4.70. The number of sulfone groups is 1. The maximum Gasteiger partial charge on any atom is 0.270 e. The van der Waals surface area contributed by atoms with Crippen molar-refractivity contribution >= 4 is 77.6 Å². The van der Waals surface area contributed by atoms with Crippen LogP contribution in [0.1, 0.15) is 83.8 Å². The minimum atomic E-state index is -3.14. The van der Waals surface area contributed by atoms with Gasteiger partial charge in [-0.15, -0.1) is 0 Å². The SMILES string of the molecule is Cc1cc([C@@H](C)Nc2nc(C)nc3cc(F)c(C4=CCS(=O)(=O)CC4)cc23)cc([N+](=O)[O-])c1.Cc1cc([C@@H](C)Nc2nc(C)nc3cc(F)c(C4=CCSCC4)cc23)cc([N+](=O)[O-])c1. The van der Waals surface area contributed by atoms with Crippen LogP contribution in [0.15, 0.2) is 72.8 Å². The molecule has 4 aromatic carbocycles. The molecule has 4 heterocycles. The second kappa shape index (κ2) is 18.8. The molecule has 2 N–H and O–H groups in total. The number of hydrogen-bond donors (Lipinski definition) is 2. The van der Waals surface area contributed by atoms with Gasteiger partial charge in [-0.25, -0.2) is 37.1 Å². The van der Waals surface area contributed by atoms with Gasteiger partial charge < -0.3 is 10.6 Å². The maximum atomic E-state index is 14.9. The molecule has 0 bridgehead atoms. The number of allylic oxidation sites excluding steroid dienone is 2. The molecule has 2 atom stereocenters. The summed E-state index contributed by atoms with van der Waals surface area (Å²) in [5.74, 6) is 3.00. The molecule has 6 aromatic rings. The van der Waals surface area contributed by atoms with E-state index in [1.54, 1.807) is 45.0 Å². The summed E-state index contributed by atoms with van der Waals surface area (Å²) >= 11 is 1.83. The van der Waals surface area contributed by atoms with Crippen LogP contribution in [-0.4, -0.2) is 61.2 Å². The van der Waals surface area contributed by atoms with Gasteiger partial charge in [0.1, 0.15) is 34.9 Å². The number of rotatable bonds is 10. The van der Waals surface area contributed by atoms with Crippen LogP contribution < -0.4 is 10.6 Å². The van der Waals surface area contributed by atoms with E-state index in [4.69, 9.17) is 0 Å². The second-order valence-electron chi connectivity index (χ2n) is 16.0. The molecule has 332 valence electrons. The smallest absolute Gasteiger partial charge is 0.270 e. The van der Waals surface area contributed by atoms with E-state index in [-0.39, 0.29) is 47.2 Å². The molecule has 0 fully saturated rings. The van der Waals surface area contributed by atoms with Gasteiger partial charge in [0.25, 0.3) is 11.4 Å². The number of non-ortho nitro benzene ring substituents is 2. The first-order valence-electron chi connectivity index (χ1n) is 20.5. The van der Waals surface area contributed by atoms with Crippen molar-refractivity contribution in [3.63, 3.8) is 0 Å². The number of aromatic nitrogens is 4. The van der Waals surface area contributed by atoms with E-state index < -0.39 is 25.5 Å². The van der Waals surface area contributed by atoms with E-state index in [2.05, 4.69) is 36.6 Å². The number of nitro benzene ring substituents is 2. The lowest BCUT2D eigenvalue weighted by atomic mass is 10.00. The summed E-state index contributed by atoms with van der Waals surface area (Å²) in [4.78, 5) is 39.5. The summed E-state index contributed by atoms with van der Waals surface area (Å²) < 4.78 is 53.3. The molecule has 0 amide bonds. The molecule has 8 rings (SSSR count). The fraction of sp³-hybridized carbons (Fsp3) is 0.304. The predicted octanol–water partition coefficient (Wildman–Crippen LogP) is 10.7. The zero-order chi connectivity index (χ0) is 46.0. The Morgan fingerprint density at radius 3 is 1.53 bits per heavy atom. The van der Waals surface area contributed by atoms with Crippen molar-refractivity contribution in [2.45, 2.75) is 66.5 Å². The molecule has 0 spiro atoms. The Labute approximate surface area is 373 Å². The summed E-state index contributed by atoms with van der Waals surface area (Å²) in [5, 5.41) is 30.5. The van der Waals surface area contributed by atoms with E-state index in [0.29, 0.717) is 62.0 Å². The molecule has 2 aliphatic rings. The highest BCUT2D eigenvalue weighted by Gasteiger charge is 2.23. The number of thioether (sulfide) groups is 1. The van der Waals surface area contributed by atoms with Crippen molar-refractivity contribution in [3.8, 4) is 0 Å². The molecule has 0 saturated heterocycles. The van der Waals surface area contributed by atoms with Crippen LogP contribution in [0.3, 0.4) is 0 Å². The zero-order valence-corrected chi connectivity index (χ0v) is 37.7. The Morgan fingerprint density at radius 2 is 1.12 bits per heavy atom. The number of benzene rings is 4. The molecule has 0 aliphatic carbocycles. The lowest BCUT2D eigenvalue weighted by molar-refractivity contribution is -0.385. The van der Waals surface area contributed by atoms with Crippen molar-refractivity contribution in [1.29, 1.82) is 0 Å². The minimum absolute atomic E-state index is 0.00548. The molecule has 0 unspecified atom stereocenters. The van der Waals surface area contributed by atoms with Gasteiger partial charge in [-0.3, -0.25) is 20.2 Å². The van der Waals surface area contributed by atoms with Gasteiger partial charge >= 0.3 is 0 Å². The van der Waals surface area contributed by atoms with E-state index in [0.717, 1.165) is 45.6 Å². The zero-order valence-electron chi connectivity index (χ0n) is 36.0. The predicted molar refractivity (Wildman–Crippen MR) is 249 cm³/mol. The Bertz CT molecular complexity index is 3040. The third-order valence-electron chi connectivity index (χ3n) is 11.0. The number of fused-ring (bicyclic) bond motifs is 2. The maximum absolute atomic E-state index is 14.9. The highest BCUT2D eigenvalue weighted by molar-refractivity contribution is 7.99. The van der Waals surface area contributed by atoms with E-state index in [1.807, 2.05) is 50.7 Å². The first-order chi connectivity index (χ1) is 30.3. The first kappa shape index (κ1) is 45.6. The Hall–Kier alpha value is -6.40. The fourth-order valence-corrected chi connectivity index (χ4v) is 9.81. The summed E-state index contributed by atoms with van der Waals surface area (Å²) in [7, 11) is -3.14. The highest BCUT2D eigenvalue weighted by Crippen LogP contribution is 2.35. The van der Waals surface area contributed by atoms with Crippen LogP contribution in [0.2, 0.25) is 0 Å². The number of nitro groups is 2. The van der Waals surface area contributed by atoms with Gasteiger partial charge in [0.15, 0.2) is 9.84 Å². The van der Waals surface area contributed by atoms with Crippen LogP contribution in [0.25, 0.3) is 33.0 Å². The highest BCUT2D eigenvalue weighted by atomic mass is 32.2. The molecule has 0 saturated carbocycles. The van der Waals surface area contributed by atoms with Crippen molar-refractivity contribution in [3.05, 3.63) is 150 Å². The average Bonchev–Trinajstić information content (AvgIpc) is 3.23. The van der Waals surface area contributed by atoms with Crippen molar-refractivity contribution in [1.82, 2.24) is 19.9 Å². The van der Waals surface area contributed by atoms with Gasteiger partial charge in [-0.2, -0.15) is 11.8 Å². The summed E-state index contributed by atoms with van der Waals surface area (Å²) in [5.41, 5.74) is 6.64. The third kappa shape index (κ3) is 10.5. The van der Waals surface area contributed by atoms with E-state index in [9.17, 15) is 37.4 Å². The number of nitrogens with zero attached hydrogens (tertiary/aromatic N) is 6. The number of hydrogen-bond acceptors (Lipinski definition) is 13. The van der Waals surface area contributed by atoms with E-state index >= 15 is 0 Å². The molecular weight excluding hydrogens is 863 g/mol. The number of anilines is 2. The summed E-state index contributed by atoms with van der Waals surface area (Å²) in [6, 6.07) is 15.6. The minimum Gasteiger partial charge on any atom is -0.363 e. The van der Waals surface area contributed by atoms with E-state index in [1.165, 1.54) is 24.3 Å². The van der Waals surface area contributed by atoms with Gasteiger partial charge in [0, 0.05) is 64.1 Å². The van der Waals surface area contributed by atoms with Gasteiger partial charge in [-0.1, -0.05) is 24.3 Å². The average molecular weight is 909 g/mol. The molecule has 14 nitrogen and oxygen atoms in total. The van der Waals surface area contributed by atoms with Gasteiger partial charge in [0.05, 0.1) is 44.5 Å². The third-order valence-corrected chi connectivity index (χ3v) is 13.4. The normalized spacial score (nSPS) is 15.6. The lowest BCUT2D eigenvalue weighted by Gasteiger charge is -2.19. The number of nitrogens with one attached hydrogen (secondary N) is 2. The van der Waals surface area contributed by atoms with Crippen molar-refractivity contribution in [2.75, 3.05) is 33.6 Å². The number of halogens is 2. The number of aryl methyl sites for hydroxylation is 4. The van der Waals surface area contributed by atoms with Crippen LogP contribution >= 0.6 is 11.8 Å². The Kier molecular flexibility index (Phi) is 13.4. The Balaban J connectivity index is 0.000000192. The first-order valence-corrected chi connectivity index (χ1v) is 23.5. The molecule has 2 aromatic heterocycles. The van der Waals surface area contributed by atoms with Crippen molar-refractivity contribution in [2.24, 2.45) is 0 Å². The van der Waals surface area contributed by atoms with Crippen molar-refractivity contribution < 1.29 is 27.0 Å². The largest absolute Gasteiger partial charge is 0.363 e. The van der Waals surface area contributed by atoms with Crippen LogP contribution in [0.5, 0.6) is 0 Å². The molecular formula is C46H46F2N8O6S2. The molecule has 64 heavy (non-hydrogen) atoms. The standard InChI is InChI=1S/C23H23FN4O4S.C23H23FN4O2S/c1-13-8-17(10-18(9-13)28(29)30)14(2)25-23-20-11-19(16-4-6-33(31,32)7-5-16)21(24)12-22(20)26-15(3)27-23;1-13-8-17(10-18(9-13)28(29)30)14(2)25-23-20-11-19(16-4-6-31-7-5-16)21(24)12-22(20)26-15(3)27-23/h4,8-12,14H,5-7H2,1-3H3,(H,25,26,27);4,8-12,14H,5-7H2,1-3H3,(H,25,26,27)/t2*14-/m11/s1. The molecule has 2 aliphatic heterocycles.